The second-order valence-corrected chi connectivity index (χ2v) is 3.55. The van der Waals surface area contributed by atoms with Gasteiger partial charge in [-0.05, 0) is 29.9 Å². The van der Waals surface area contributed by atoms with Crippen LogP contribution in [0, 0.1) is 0 Å². The van der Waals surface area contributed by atoms with Crippen molar-refractivity contribution in [3.8, 4) is 0 Å². The minimum atomic E-state index is -0.853. The molecule has 1 aromatic rings. The molecule has 0 amide bonds. The lowest BCUT2D eigenvalue weighted by Gasteiger charge is -2.03. The van der Waals surface area contributed by atoms with Crippen LogP contribution in [0.15, 0.2) is 30.3 Å². The van der Waals surface area contributed by atoms with Gasteiger partial charge in [-0.2, -0.15) is 0 Å². The number of benzene rings is 1. The van der Waals surface area contributed by atoms with Crippen LogP contribution in [0.2, 0.25) is 0 Å². The van der Waals surface area contributed by atoms with Crippen LogP contribution in [-0.4, -0.2) is 16.2 Å². The molecular weight excluding hydrogens is 224 g/mol. The zero-order valence-electron chi connectivity index (χ0n) is 8.51. The molecular formula is C11H12N2O2S. The maximum Gasteiger partial charge on any atom is 0.307 e. The molecule has 0 saturated heterocycles. The van der Waals surface area contributed by atoms with Crippen molar-refractivity contribution in [2.24, 2.45) is 5.73 Å². The minimum absolute atomic E-state index is 0.00690. The van der Waals surface area contributed by atoms with Crippen LogP contribution in [0.5, 0.6) is 0 Å². The van der Waals surface area contributed by atoms with Gasteiger partial charge in [0.15, 0.2) is 5.11 Å². The lowest BCUT2D eigenvalue weighted by Crippen LogP contribution is -2.18. The molecule has 1 aromatic carbocycles. The molecule has 0 spiro atoms. The van der Waals surface area contributed by atoms with Crippen LogP contribution >= 0.6 is 12.2 Å². The summed E-state index contributed by atoms with van der Waals surface area (Å²) in [5.41, 5.74) is 7.01. The molecule has 4 N–H and O–H groups in total. The number of hydrogen-bond donors (Lipinski definition) is 3. The van der Waals surface area contributed by atoms with Crippen molar-refractivity contribution in [3.05, 3.63) is 35.9 Å². The van der Waals surface area contributed by atoms with E-state index in [0.717, 1.165) is 11.3 Å². The van der Waals surface area contributed by atoms with E-state index in [1.54, 1.807) is 12.2 Å². The van der Waals surface area contributed by atoms with Gasteiger partial charge in [0.1, 0.15) is 0 Å². The Morgan fingerprint density at radius 3 is 2.94 bits per heavy atom. The molecule has 0 fully saturated rings. The van der Waals surface area contributed by atoms with Gasteiger partial charge in [-0.25, -0.2) is 0 Å². The van der Waals surface area contributed by atoms with E-state index in [-0.39, 0.29) is 11.5 Å². The van der Waals surface area contributed by atoms with Gasteiger partial charge in [-0.3, -0.25) is 4.79 Å². The van der Waals surface area contributed by atoms with E-state index in [9.17, 15) is 4.79 Å². The van der Waals surface area contributed by atoms with Gasteiger partial charge in [0, 0.05) is 5.69 Å². The number of nitrogens with two attached hydrogens (primary N) is 1. The summed E-state index contributed by atoms with van der Waals surface area (Å²) in [6.07, 6.45) is 3.33. The first-order valence-electron chi connectivity index (χ1n) is 4.63. The number of hydrogen-bond acceptors (Lipinski definition) is 2. The molecule has 0 unspecified atom stereocenters. The topological polar surface area (TPSA) is 75.3 Å². The Bertz CT molecular complexity index is 430. The molecule has 16 heavy (non-hydrogen) atoms. The first kappa shape index (κ1) is 12.2. The smallest absolute Gasteiger partial charge is 0.307 e. The van der Waals surface area contributed by atoms with E-state index in [1.165, 1.54) is 0 Å². The van der Waals surface area contributed by atoms with Crippen molar-refractivity contribution in [2.45, 2.75) is 6.42 Å². The number of carboxylic acid groups (broad SMARTS) is 1. The van der Waals surface area contributed by atoms with E-state index in [1.807, 2.05) is 24.3 Å². The van der Waals surface area contributed by atoms with E-state index in [4.69, 9.17) is 23.1 Å². The first-order chi connectivity index (χ1) is 7.58. The van der Waals surface area contributed by atoms with E-state index >= 15 is 0 Å². The number of thiocarbonyl (C=S) groups is 1. The zero-order chi connectivity index (χ0) is 12.0. The Morgan fingerprint density at radius 2 is 2.31 bits per heavy atom. The highest BCUT2D eigenvalue weighted by Gasteiger charge is 1.94. The molecule has 0 heterocycles. The van der Waals surface area contributed by atoms with Gasteiger partial charge in [0.25, 0.3) is 0 Å². The lowest BCUT2D eigenvalue weighted by molar-refractivity contribution is -0.135. The number of anilines is 1. The third-order valence-electron chi connectivity index (χ3n) is 1.76. The van der Waals surface area contributed by atoms with Crippen molar-refractivity contribution in [2.75, 3.05) is 5.32 Å². The summed E-state index contributed by atoms with van der Waals surface area (Å²) < 4.78 is 0. The average molecular weight is 236 g/mol. The molecule has 0 aliphatic carbocycles. The van der Waals surface area contributed by atoms with Crippen molar-refractivity contribution < 1.29 is 9.90 Å². The Labute approximate surface area is 98.8 Å². The number of carbonyl (C=O) groups is 1. The van der Waals surface area contributed by atoms with Crippen molar-refractivity contribution in [1.29, 1.82) is 0 Å². The van der Waals surface area contributed by atoms with Crippen LogP contribution in [0.4, 0.5) is 5.69 Å². The second kappa shape index (κ2) is 5.87. The van der Waals surface area contributed by atoms with Crippen LogP contribution in [0.25, 0.3) is 6.08 Å². The summed E-state index contributed by atoms with van der Waals surface area (Å²) >= 11 is 4.71. The summed E-state index contributed by atoms with van der Waals surface area (Å²) in [5.74, 6) is -0.853. The van der Waals surface area contributed by atoms with Gasteiger partial charge in [-0.1, -0.05) is 24.3 Å². The molecule has 4 nitrogen and oxygen atoms in total. The average Bonchev–Trinajstić information content (AvgIpc) is 2.16. The number of aliphatic carboxylic acids is 1. The molecule has 84 valence electrons. The summed E-state index contributed by atoms with van der Waals surface area (Å²) in [7, 11) is 0. The molecule has 1 rings (SSSR count). The van der Waals surface area contributed by atoms with Crippen molar-refractivity contribution in [1.82, 2.24) is 0 Å². The highest BCUT2D eigenvalue weighted by Crippen LogP contribution is 2.11. The monoisotopic (exact) mass is 236 g/mol. The van der Waals surface area contributed by atoms with Gasteiger partial charge in [-0.15, -0.1) is 0 Å². The molecule has 0 saturated carbocycles. The fraction of sp³-hybridized carbons (Fsp3) is 0.0909. The largest absolute Gasteiger partial charge is 0.481 e. The fourth-order valence-electron chi connectivity index (χ4n) is 1.16. The van der Waals surface area contributed by atoms with Gasteiger partial charge in [0.2, 0.25) is 0 Å². The van der Waals surface area contributed by atoms with Crippen LogP contribution < -0.4 is 11.1 Å². The Kier molecular flexibility index (Phi) is 4.47. The number of nitrogens with one attached hydrogen (secondary N) is 1. The molecule has 0 radical (unpaired) electrons. The Balaban J connectivity index is 2.70. The summed E-state index contributed by atoms with van der Waals surface area (Å²) in [5, 5.41) is 11.5. The predicted octanol–water partition coefficient (Wildman–Crippen LogP) is 1.83. The van der Waals surface area contributed by atoms with Crippen LogP contribution in [0.1, 0.15) is 12.0 Å². The first-order valence-corrected chi connectivity index (χ1v) is 5.03. The van der Waals surface area contributed by atoms with Gasteiger partial charge in [0.05, 0.1) is 6.42 Å². The Morgan fingerprint density at radius 1 is 1.56 bits per heavy atom. The molecule has 0 aromatic heterocycles. The lowest BCUT2D eigenvalue weighted by atomic mass is 10.2. The fourth-order valence-corrected chi connectivity index (χ4v) is 1.28. The zero-order valence-corrected chi connectivity index (χ0v) is 9.33. The Hall–Kier alpha value is -1.88. The SMILES string of the molecule is NC(=S)Nc1cccc(C=CCC(=O)O)c1. The van der Waals surface area contributed by atoms with E-state index in [0.29, 0.717) is 0 Å². The highest BCUT2D eigenvalue weighted by atomic mass is 32.1. The van der Waals surface area contributed by atoms with E-state index < -0.39 is 5.97 Å². The second-order valence-electron chi connectivity index (χ2n) is 3.11. The van der Waals surface area contributed by atoms with Gasteiger partial charge >= 0.3 is 5.97 Å². The summed E-state index contributed by atoms with van der Waals surface area (Å²) in [6.45, 7) is 0. The summed E-state index contributed by atoms with van der Waals surface area (Å²) in [6, 6.07) is 7.36. The molecule has 0 aliphatic heterocycles. The third kappa shape index (κ3) is 4.56. The quantitative estimate of drug-likeness (QED) is 0.695. The number of carboxylic acids is 1. The number of rotatable bonds is 4. The van der Waals surface area contributed by atoms with Crippen molar-refractivity contribution >= 4 is 35.1 Å². The standard InChI is InChI=1S/C11H12N2O2S/c12-11(16)13-9-5-1-3-8(7-9)4-2-6-10(14)15/h1-5,7H,6H2,(H,14,15)(H3,12,13,16). The maximum atomic E-state index is 10.3. The third-order valence-corrected chi connectivity index (χ3v) is 1.86. The highest BCUT2D eigenvalue weighted by molar-refractivity contribution is 7.80. The summed E-state index contributed by atoms with van der Waals surface area (Å²) in [4.78, 5) is 10.3. The molecule has 0 atom stereocenters. The normalized spacial score (nSPS) is 10.2. The predicted molar refractivity (Wildman–Crippen MR) is 68.1 cm³/mol. The molecule has 0 aliphatic rings. The maximum absolute atomic E-state index is 10.3. The minimum Gasteiger partial charge on any atom is -0.481 e. The van der Waals surface area contributed by atoms with Gasteiger partial charge < -0.3 is 16.2 Å². The van der Waals surface area contributed by atoms with Crippen LogP contribution in [0.3, 0.4) is 0 Å². The van der Waals surface area contributed by atoms with Crippen molar-refractivity contribution in [3.63, 3.8) is 0 Å². The molecule has 5 heteroatoms. The van der Waals surface area contributed by atoms with Crippen LogP contribution in [-0.2, 0) is 4.79 Å². The molecule has 0 bridgehead atoms. The van der Waals surface area contributed by atoms with E-state index in [2.05, 4.69) is 5.32 Å².